The van der Waals surface area contributed by atoms with Crippen LogP contribution in [0.5, 0.6) is 5.88 Å². The van der Waals surface area contributed by atoms with E-state index < -0.39 is 106 Å². The van der Waals surface area contributed by atoms with Gasteiger partial charge in [-0.3, -0.25) is 19.2 Å². The number of halogens is 7. The van der Waals surface area contributed by atoms with Gasteiger partial charge < -0.3 is 9.84 Å². The van der Waals surface area contributed by atoms with Crippen LogP contribution < -0.4 is 0 Å². The van der Waals surface area contributed by atoms with Crippen LogP contribution in [-0.2, 0) is 53.8 Å². The minimum absolute atomic E-state index is 0.0444. The van der Waals surface area contributed by atoms with E-state index in [0.717, 1.165) is 29.1 Å². The highest BCUT2D eigenvalue weighted by Gasteiger charge is 2.38. The number of ether oxygens (including phenoxy) is 1. The van der Waals surface area contributed by atoms with Crippen molar-refractivity contribution in [3.63, 3.8) is 0 Å². The molecule has 52 heavy (non-hydrogen) atoms. The van der Waals surface area contributed by atoms with Crippen molar-refractivity contribution >= 4 is 54.4 Å². The first-order valence-electron chi connectivity index (χ1n) is 14.6. The number of Topliss-reactive ketones (excluding diaryl/α,β-unsaturated/α-hetero) is 3. The molecule has 2 aromatic carbocycles. The Bertz CT molecular complexity index is 2150. The number of aromatic hydroxyl groups is 1. The number of benzene rings is 2. The summed E-state index contributed by atoms with van der Waals surface area (Å²) in [5.41, 5.74) is -2.44. The van der Waals surface area contributed by atoms with Crippen LogP contribution >= 0.6 is 11.6 Å². The maximum Gasteiger partial charge on any atom is 0.416 e. The van der Waals surface area contributed by atoms with Gasteiger partial charge >= 0.3 is 12.4 Å². The summed E-state index contributed by atoms with van der Waals surface area (Å²) in [6, 6.07) is 3.85. The molecule has 0 aliphatic heterocycles. The van der Waals surface area contributed by atoms with Gasteiger partial charge in [0.25, 0.3) is 0 Å². The van der Waals surface area contributed by atoms with E-state index >= 15 is 0 Å². The summed E-state index contributed by atoms with van der Waals surface area (Å²) >= 11 is 6.11. The number of nitrogens with zero attached hydrogens (tertiary/aromatic N) is 2. The van der Waals surface area contributed by atoms with E-state index in [2.05, 4.69) is 9.84 Å². The van der Waals surface area contributed by atoms with Gasteiger partial charge in [-0.05, 0) is 43.7 Å². The molecule has 0 unspecified atom stereocenters. The highest BCUT2D eigenvalue weighted by Crippen LogP contribution is 2.35. The molecule has 21 heteroatoms. The van der Waals surface area contributed by atoms with Crippen molar-refractivity contribution in [2.45, 2.75) is 54.9 Å². The number of alkyl halides is 6. The molecule has 0 atom stereocenters. The summed E-state index contributed by atoms with van der Waals surface area (Å²) in [5, 5.41) is 13.2. The number of hydrogen-bond acceptors (Lipinski definition) is 11. The summed E-state index contributed by atoms with van der Waals surface area (Å²) in [6.45, 7) is -1.06. The van der Waals surface area contributed by atoms with Gasteiger partial charge in [-0.1, -0.05) is 11.6 Å². The molecule has 0 bridgehead atoms. The number of carbonyl (C=O) groups is 4. The molecule has 1 N–H and O–H groups in total. The Labute approximate surface area is 297 Å². The monoisotopic (exact) mass is 802 g/mol. The molecule has 0 spiro atoms. The Morgan fingerprint density at radius 1 is 0.942 bits per heavy atom. The van der Waals surface area contributed by atoms with Gasteiger partial charge in [-0.2, -0.15) is 31.4 Å². The number of rotatable bonds is 9. The Morgan fingerprint density at radius 2 is 1.48 bits per heavy atom. The summed E-state index contributed by atoms with van der Waals surface area (Å²) in [6.07, 6.45) is -7.46. The Hall–Kier alpha value is -4.14. The molecule has 284 valence electrons. The van der Waals surface area contributed by atoms with Crippen LogP contribution in [0.15, 0.2) is 40.1 Å². The first-order valence-corrected chi connectivity index (χ1v) is 18.8. The third-order valence-electron chi connectivity index (χ3n) is 7.50. The van der Waals surface area contributed by atoms with Crippen molar-refractivity contribution in [2.24, 2.45) is 13.0 Å². The van der Waals surface area contributed by atoms with E-state index in [1.54, 1.807) is 0 Å². The average Bonchev–Trinajstić information content (AvgIpc) is 3.25. The van der Waals surface area contributed by atoms with Crippen LogP contribution in [0.1, 0.15) is 62.4 Å². The third-order valence-corrected chi connectivity index (χ3v) is 10.3. The molecule has 1 fully saturated rings. The normalized spacial score (nSPS) is 14.6. The Balaban J connectivity index is 0.000000284. The lowest BCUT2D eigenvalue weighted by molar-refractivity contribution is -0.176. The predicted octanol–water partition coefficient (Wildman–Crippen LogP) is 5.03. The molecule has 3 aromatic rings. The van der Waals surface area contributed by atoms with E-state index in [1.807, 2.05) is 0 Å². The summed E-state index contributed by atoms with van der Waals surface area (Å²) < 4.78 is 128. The second-order valence-corrected chi connectivity index (χ2v) is 15.9. The molecule has 0 saturated heterocycles. The van der Waals surface area contributed by atoms with Gasteiger partial charge in [0.15, 0.2) is 37.0 Å². The zero-order valence-corrected chi connectivity index (χ0v) is 29.9. The fraction of sp³-hybridized carbons (Fsp3) is 0.387. The van der Waals surface area contributed by atoms with Crippen molar-refractivity contribution in [3.8, 4) is 5.88 Å². The SMILES string of the molecule is CS(=O)(=O)c1ccc(C(=O)C2C(=O)CCCC2=O)c(Cl)c1COCC(F)(F)F.Cc1nn(C)c(O)c1C(=O)c1ccc(C(F)(F)F)cc1S(C)(=O)=O. The third kappa shape index (κ3) is 9.84. The van der Waals surface area contributed by atoms with Crippen molar-refractivity contribution < 1.29 is 72.2 Å². The van der Waals surface area contributed by atoms with Crippen molar-refractivity contribution in [1.29, 1.82) is 0 Å². The molecule has 1 saturated carbocycles. The van der Waals surface area contributed by atoms with Crippen molar-refractivity contribution in [2.75, 3.05) is 19.1 Å². The molecule has 1 heterocycles. The maximum absolute atomic E-state index is 12.8. The number of carbonyl (C=O) groups excluding carboxylic acids is 4. The van der Waals surface area contributed by atoms with Gasteiger partial charge in [-0.25, -0.2) is 21.5 Å². The lowest BCUT2D eigenvalue weighted by atomic mass is 9.81. The van der Waals surface area contributed by atoms with Crippen LogP contribution in [0.3, 0.4) is 0 Å². The van der Waals surface area contributed by atoms with Crippen molar-refractivity contribution in [3.05, 3.63) is 68.9 Å². The number of hydrogen-bond donors (Lipinski definition) is 1. The quantitative estimate of drug-likeness (QED) is 0.174. The Morgan fingerprint density at radius 3 is 1.94 bits per heavy atom. The van der Waals surface area contributed by atoms with Crippen molar-refractivity contribution in [1.82, 2.24) is 9.78 Å². The number of ketones is 4. The summed E-state index contributed by atoms with van der Waals surface area (Å²) in [7, 11) is -6.66. The highest BCUT2D eigenvalue weighted by atomic mass is 35.5. The number of sulfone groups is 2. The topological polar surface area (TPSA) is 184 Å². The second-order valence-electron chi connectivity index (χ2n) is 11.6. The molecule has 12 nitrogen and oxygen atoms in total. The minimum atomic E-state index is -4.76. The molecule has 0 radical (unpaired) electrons. The van der Waals surface area contributed by atoms with Crippen LogP contribution in [-0.4, -0.2) is 80.2 Å². The van der Waals surface area contributed by atoms with E-state index in [9.17, 15) is 67.5 Å². The van der Waals surface area contributed by atoms with Gasteiger partial charge in [0.05, 0.1) is 32.7 Å². The molecular formula is C31H29ClF6N2O10S2. The van der Waals surface area contributed by atoms with Gasteiger partial charge in [0, 0.05) is 49.1 Å². The van der Waals surface area contributed by atoms with Gasteiger partial charge in [-0.15, -0.1) is 0 Å². The van der Waals surface area contributed by atoms with E-state index in [1.165, 1.54) is 14.0 Å². The highest BCUT2D eigenvalue weighted by molar-refractivity contribution is 7.91. The average molecular weight is 803 g/mol. The fourth-order valence-electron chi connectivity index (χ4n) is 5.14. The Kier molecular flexibility index (Phi) is 12.6. The molecule has 4 rings (SSSR count). The van der Waals surface area contributed by atoms with Crippen LogP contribution in [0.4, 0.5) is 26.3 Å². The first-order chi connectivity index (χ1) is 23.7. The smallest absolute Gasteiger partial charge is 0.416 e. The minimum Gasteiger partial charge on any atom is -0.493 e. The zero-order chi connectivity index (χ0) is 39.7. The van der Waals surface area contributed by atoms with Gasteiger partial charge in [0.1, 0.15) is 18.1 Å². The molecule has 1 aliphatic rings. The number of aromatic nitrogens is 2. The number of aryl methyl sites for hydroxylation is 2. The van der Waals surface area contributed by atoms with E-state index in [-0.39, 0.29) is 35.2 Å². The molecule has 1 aromatic heterocycles. The van der Waals surface area contributed by atoms with Gasteiger partial charge in [0.2, 0.25) is 11.7 Å². The largest absolute Gasteiger partial charge is 0.493 e. The molecular weight excluding hydrogens is 774 g/mol. The molecule has 0 amide bonds. The first kappa shape index (κ1) is 42.3. The standard InChI is InChI=1S/C17H16ClF3O6S.C14H13F3N2O4S/c1-28(25,26)13-6-5-9(15(18)10(13)7-27-8-17(19,20)21)16(24)14-11(22)3-2-4-12(14)23;1-7-11(13(21)19(2)18-7)12(20)9-5-4-8(14(15,16)17)6-10(9)24(3,22)23/h5-6,14H,2-4,7-8H2,1H3;4-6,21H,1-3H3. The van der Waals surface area contributed by atoms with Crippen LogP contribution in [0.25, 0.3) is 0 Å². The molecule has 1 aliphatic carbocycles. The second kappa shape index (κ2) is 15.5. The van der Waals surface area contributed by atoms with E-state index in [0.29, 0.717) is 24.8 Å². The summed E-state index contributed by atoms with van der Waals surface area (Å²) in [4.78, 5) is 48.1. The zero-order valence-electron chi connectivity index (χ0n) is 27.5. The fourth-order valence-corrected chi connectivity index (χ4v) is 7.33. The lowest BCUT2D eigenvalue weighted by Crippen LogP contribution is -2.35. The van der Waals surface area contributed by atoms with E-state index in [4.69, 9.17) is 11.6 Å². The lowest BCUT2D eigenvalue weighted by Gasteiger charge is -2.20. The van der Waals surface area contributed by atoms with Crippen LogP contribution in [0.2, 0.25) is 5.02 Å². The predicted molar refractivity (Wildman–Crippen MR) is 170 cm³/mol. The summed E-state index contributed by atoms with van der Waals surface area (Å²) in [5.74, 6) is -5.01. The maximum atomic E-state index is 12.8. The van der Waals surface area contributed by atoms with Crippen LogP contribution in [0, 0.1) is 12.8 Å².